The van der Waals surface area contributed by atoms with Crippen molar-refractivity contribution < 1.29 is 19.0 Å². The van der Waals surface area contributed by atoms with Crippen molar-refractivity contribution in [1.29, 1.82) is 0 Å². The number of Topliss-reactive ketones (excluding diaryl/α,β-unsaturated/α-hetero) is 2. The van der Waals surface area contributed by atoms with E-state index in [0.717, 1.165) is 22.2 Å². The van der Waals surface area contributed by atoms with Gasteiger partial charge in [-0.15, -0.1) is 0 Å². The monoisotopic (exact) mass is 452 g/mol. The summed E-state index contributed by atoms with van der Waals surface area (Å²) in [6, 6.07) is 20.3. The van der Waals surface area contributed by atoms with E-state index in [1.54, 1.807) is 30.3 Å². The third kappa shape index (κ3) is 3.17. The minimum absolute atomic E-state index is 0.156. The van der Waals surface area contributed by atoms with Crippen LogP contribution in [0.15, 0.2) is 78.4 Å². The van der Waals surface area contributed by atoms with E-state index < -0.39 is 11.5 Å². The van der Waals surface area contributed by atoms with Gasteiger partial charge >= 0.3 is 0 Å². The van der Waals surface area contributed by atoms with Crippen LogP contribution < -0.4 is 10.4 Å². The van der Waals surface area contributed by atoms with Crippen LogP contribution in [-0.4, -0.2) is 40.9 Å². The zero-order valence-corrected chi connectivity index (χ0v) is 19.6. The maximum Gasteiger partial charge on any atom is 0.235 e. The number of ketones is 2. The first kappa shape index (κ1) is 21.8. The molecule has 0 unspecified atom stereocenters. The highest BCUT2D eigenvalue weighted by Crippen LogP contribution is 2.44. The number of carbonyl (C=O) groups excluding carboxylic acids is 3. The van der Waals surface area contributed by atoms with Gasteiger partial charge in [0.05, 0.1) is 16.7 Å². The van der Waals surface area contributed by atoms with E-state index in [1.807, 2.05) is 25.2 Å². The smallest absolute Gasteiger partial charge is 0.235 e. The van der Waals surface area contributed by atoms with E-state index in [9.17, 15) is 14.4 Å². The molecule has 0 atom stereocenters. The Bertz CT molecular complexity index is 1420. The molecule has 0 aromatic heterocycles. The number of allylic oxidation sites excluding steroid dienone is 1. The number of rotatable bonds is 4. The van der Waals surface area contributed by atoms with Crippen LogP contribution in [-0.2, 0) is 19.8 Å². The lowest BCUT2D eigenvalue weighted by molar-refractivity contribution is -0.401. The molecule has 3 aromatic carbocycles. The van der Waals surface area contributed by atoms with Crippen LogP contribution in [0.25, 0.3) is 10.8 Å². The number of hydrogen-bond acceptors (Lipinski definition) is 4. The largest absolute Gasteiger partial charge is 0.291 e. The molecule has 5 rings (SSSR count). The molecule has 3 aromatic rings. The van der Waals surface area contributed by atoms with Crippen molar-refractivity contribution in [2.75, 3.05) is 12.1 Å². The van der Waals surface area contributed by atoms with Crippen LogP contribution in [0.4, 0.5) is 11.4 Å². The van der Waals surface area contributed by atoms with Crippen LogP contribution in [0, 0.1) is 0 Å². The lowest BCUT2D eigenvalue weighted by Gasteiger charge is -2.37. The van der Waals surface area contributed by atoms with E-state index >= 15 is 0 Å². The third-order valence-corrected chi connectivity index (χ3v) is 6.77. The summed E-state index contributed by atoms with van der Waals surface area (Å²) in [6.45, 7) is 5.59. The highest BCUT2D eigenvalue weighted by molar-refractivity contribution is 6.44. The summed E-state index contributed by atoms with van der Waals surface area (Å²) in [4.78, 5) is 38.3. The zero-order valence-electron chi connectivity index (χ0n) is 19.6. The van der Waals surface area contributed by atoms with Crippen LogP contribution >= 0.6 is 0 Å². The molecule has 1 N–H and O–H groups in total. The van der Waals surface area contributed by atoms with Gasteiger partial charge in [-0.2, -0.15) is 4.58 Å². The number of para-hydroxylation sites is 1. The lowest BCUT2D eigenvalue weighted by Crippen LogP contribution is -2.63. The summed E-state index contributed by atoms with van der Waals surface area (Å²) < 4.78 is 2.06. The Morgan fingerprint density at radius 2 is 1.62 bits per heavy atom. The van der Waals surface area contributed by atoms with Crippen LogP contribution in [0.2, 0.25) is 0 Å². The number of benzene rings is 3. The fraction of sp³-hybridized carbons (Fsp3) is 0.214. The third-order valence-electron chi connectivity index (χ3n) is 6.77. The minimum Gasteiger partial charge on any atom is -0.291 e. The van der Waals surface area contributed by atoms with Gasteiger partial charge in [0.1, 0.15) is 7.05 Å². The number of hydrazine groups is 1. The Hall–Kier alpha value is -4.06. The van der Waals surface area contributed by atoms with Crippen molar-refractivity contribution in [1.82, 2.24) is 5.43 Å². The maximum atomic E-state index is 13.2. The van der Waals surface area contributed by atoms with E-state index in [2.05, 4.69) is 48.1 Å². The van der Waals surface area contributed by atoms with E-state index in [4.69, 9.17) is 0 Å². The molecule has 34 heavy (non-hydrogen) atoms. The predicted octanol–water partition coefficient (Wildman–Crippen LogP) is 3.85. The minimum atomic E-state index is -1.07. The predicted molar refractivity (Wildman–Crippen MR) is 132 cm³/mol. The number of amides is 1. The van der Waals surface area contributed by atoms with Gasteiger partial charge in [-0.3, -0.25) is 24.8 Å². The molecule has 1 fully saturated rings. The first-order valence-electron chi connectivity index (χ1n) is 11.3. The Balaban J connectivity index is 1.53. The standard InChI is InChI=1S/C28H25N3O3/c1-17(32)29-31(19-11-6-5-7-12-19)25-26(33)21(27(25)34)16-23-28(2,3)24-20-13-9-8-10-18(20)14-15-22(24)30(23)4/h5-16,25H,1-4H3/p+1. The number of fused-ring (bicyclic) bond motifs is 3. The van der Waals surface area contributed by atoms with Gasteiger partial charge in [0.2, 0.25) is 11.6 Å². The summed E-state index contributed by atoms with van der Waals surface area (Å²) >= 11 is 0. The zero-order chi connectivity index (χ0) is 24.2. The molecule has 6 nitrogen and oxygen atoms in total. The molecule has 0 spiro atoms. The Kier molecular flexibility index (Phi) is 4.97. The molecule has 1 amide bonds. The Labute approximate surface area is 198 Å². The topological polar surface area (TPSA) is 69.5 Å². The second kappa shape index (κ2) is 7.76. The molecule has 1 heterocycles. The molecule has 0 bridgehead atoms. The van der Waals surface area contributed by atoms with Crippen molar-refractivity contribution in [2.24, 2.45) is 0 Å². The normalized spacial score (nSPS) is 18.6. The molecule has 6 heteroatoms. The summed E-state index contributed by atoms with van der Waals surface area (Å²) in [5, 5.41) is 3.68. The van der Waals surface area contributed by atoms with Crippen LogP contribution in [0.5, 0.6) is 0 Å². The number of hydrogen-bond donors (Lipinski definition) is 1. The molecule has 0 saturated heterocycles. The molecule has 2 aliphatic rings. The average Bonchev–Trinajstić information content (AvgIpc) is 3.02. The molecule has 1 aliphatic carbocycles. The molecule has 1 saturated carbocycles. The number of nitrogens with one attached hydrogen (secondary N) is 1. The second-order valence-electron chi connectivity index (χ2n) is 9.31. The van der Waals surface area contributed by atoms with Crippen molar-refractivity contribution in [2.45, 2.75) is 32.2 Å². The summed E-state index contributed by atoms with van der Waals surface area (Å²) in [5.41, 5.74) is 6.11. The summed E-state index contributed by atoms with van der Waals surface area (Å²) in [5.74, 6) is -0.963. The molecule has 1 aliphatic heterocycles. The van der Waals surface area contributed by atoms with E-state index in [1.165, 1.54) is 17.5 Å². The Morgan fingerprint density at radius 3 is 2.29 bits per heavy atom. The molecular formula is C28H26N3O3+. The fourth-order valence-corrected chi connectivity index (χ4v) is 5.16. The van der Waals surface area contributed by atoms with Crippen LogP contribution in [0.3, 0.4) is 0 Å². The first-order chi connectivity index (χ1) is 16.2. The van der Waals surface area contributed by atoms with Crippen molar-refractivity contribution >= 4 is 45.3 Å². The Morgan fingerprint density at radius 1 is 0.971 bits per heavy atom. The van der Waals surface area contributed by atoms with Gasteiger partial charge in [0.25, 0.3) is 0 Å². The van der Waals surface area contributed by atoms with Crippen molar-refractivity contribution in [3.63, 3.8) is 0 Å². The van der Waals surface area contributed by atoms with Crippen molar-refractivity contribution in [3.05, 3.63) is 83.9 Å². The number of carbonyl (C=O) groups is 3. The number of nitrogens with zero attached hydrogens (tertiary/aromatic N) is 2. The highest BCUT2D eigenvalue weighted by Gasteiger charge is 2.52. The quantitative estimate of drug-likeness (QED) is 0.215. The van der Waals surface area contributed by atoms with Gasteiger partial charge in [-0.05, 0) is 42.8 Å². The van der Waals surface area contributed by atoms with Gasteiger partial charge < -0.3 is 0 Å². The van der Waals surface area contributed by atoms with Gasteiger partial charge in [0, 0.05) is 24.6 Å². The SMILES string of the molecule is CC(=O)NN(c1ccccc1)C1C(=O)C(=CC2=[N+](C)c3ccc4ccccc4c3C2(C)C)C1=O. The van der Waals surface area contributed by atoms with E-state index in [-0.39, 0.29) is 23.0 Å². The highest BCUT2D eigenvalue weighted by atomic mass is 16.2. The molecule has 0 radical (unpaired) electrons. The maximum absolute atomic E-state index is 13.2. The van der Waals surface area contributed by atoms with Crippen molar-refractivity contribution in [3.8, 4) is 0 Å². The summed E-state index contributed by atoms with van der Waals surface area (Å²) in [6.07, 6.45) is 1.73. The first-order valence-corrected chi connectivity index (χ1v) is 11.3. The molecule has 170 valence electrons. The van der Waals surface area contributed by atoms with Gasteiger partial charge in [-0.1, -0.05) is 42.5 Å². The molecular weight excluding hydrogens is 426 g/mol. The van der Waals surface area contributed by atoms with E-state index in [0.29, 0.717) is 5.69 Å². The lowest BCUT2D eigenvalue weighted by atomic mass is 9.75. The fourth-order valence-electron chi connectivity index (χ4n) is 5.16. The number of anilines is 1. The van der Waals surface area contributed by atoms with Gasteiger partial charge in [-0.25, -0.2) is 0 Å². The average molecular weight is 453 g/mol. The summed E-state index contributed by atoms with van der Waals surface area (Å²) in [7, 11) is 1.97. The second-order valence-corrected chi connectivity index (χ2v) is 9.31. The van der Waals surface area contributed by atoms with Crippen LogP contribution in [0.1, 0.15) is 26.3 Å². The van der Waals surface area contributed by atoms with Gasteiger partial charge in [0.15, 0.2) is 23.3 Å².